The van der Waals surface area contributed by atoms with E-state index in [0.717, 1.165) is 24.1 Å². The largest absolute Gasteiger partial charge is 0.420 e. The van der Waals surface area contributed by atoms with Crippen molar-refractivity contribution in [2.75, 3.05) is 13.1 Å². The number of likely N-dealkylation sites (tertiary alicyclic amines) is 1. The molecular formula is C19H18FN5O2. The number of carbonyl (C=O) groups is 1. The van der Waals surface area contributed by atoms with Crippen molar-refractivity contribution in [3.05, 3.63) is 59.8 Å². The fourth-order valence-electron chi connectivity index (χ4n) is 3.21. The molecule has 138 valence electrons. The van der Waals surface area contributed by atoms with Crippen LogP contribution in [0, 0.1) is 12.7 Å². The molecule has 0 N–H and O–H groups in total. The van der Waals surface area contributed by atoms with Gasteiger partial charge in [0.2, 0.25) is 5.89 Å². The quantitative estimate of drug-likeness (QED) is 0.707. The number of aryl methyl sites for hydroxylation is 1. The van der Waals surface area contributed by atoms with Crippen molar-refractivity contribution in [1.29, 1.82) is 0 Å². The minimum Gasteiger partial charge on any atom is -0.420 e. The maximum Gasteiger partial charge on any atom is 0.253 e. The third-order valence-electron chi connectivity index (χ3n) is 4.81. The van der Waals surface area contributed by atoms with Gasteiger partial charge in [-0.25, -0.2) is 14.4 Å². The summed E-state index contributed by atoms with van der Waals surface area (Å²) in [6.07, 6.45) is 4.60. The van der Waals surface area contributed by atoms with Crippen molar-refractivity contribution in [2.45, 2.75) is 25.7 Å². The van der Waals surface area contributed by atoms with Gasteiger partial charge in [-0.2, -0.15) is 0 Å². The Morgan fingerprint density at radius 2 is 1.93 bits per heavy atom. The molecule has 1 saturated heterocycles. The lowest BCUT2D eigenvalue weighted by Gasteiger charge is -2.30. The van der Waals surface area contributed by atoms with Gasteiger partial charge < -0.3 is 9.32 Å². The van der Waals surface area contributed by atoms with Crippen LogP contribution in [0.4, 0.5) is 4.39 Å². The predicted octanol–water partition coefficient (Wildman–Crippen LogP) is 2.99. The smallest absolute Gasteiger partial charge is 0.253 e. The summed E-state index contributed by atoms with van der Waals surface area (Å²) >= 11 is 0. The summed E-state index contributed by atoms with van der Waals surface area (Å²) in [6.45, 7) is 3.04. The number of benzene rings is 1. The summed E-state index contributed by atoms with van der Waals surface area (Å²) < 4.78 is 18.9. The van der Waals surface area contributed by atoms with E-state index in [1.807, 2.05) is 6.92 Å². The van der Waals surface area contributed by atoms with Crippen LogP contribution in [0.5, 0.6) is 0 Å². The molecule has 0 aliphatic carbocycles. The number of aromatic nitrogens is 4. The molecule has 1 aromatic carbocycles. The van der Waals surface area contributed by atoms with Crippen molar-refractivity contribution in [1.82, 2.24) is 25.1 Å². The summed E-state index contributed by atoms with van der Waals surface area (Å²) in [5.41, 5.74) is 1.99. The van der Waals surface area contributed by atoms with Crippen LogP contribution in [0.1, 0.15) is 40.7 Å². The van der Waals surface area contributed by atoms with E-state index < -0.39 is 0 Å². The van der Waals surface area contributed by atoms with Crippen LogP contribution in [0.2, 0.25) is 0 Å². The highest BCUT2D eigenvalue weighted by Crippen LogP contribution is 2.30. The average Bonchev–Trinajstić information content (AvgIpc) is 3.18. The van der Waals surface area contributed by atoms with Crippen LogP contribution in [0.15, 0.2) is 41.2 Å². The molecule has 4 rings (SSSR count). The molecule has 0 spiro atoms. The number of halogens is 1. The molecule has 8 heteroatoms. The highest BCUT2D eigenvalue weighted by atomic mass is 19.1. The SMILES string of the molecule is Cc1ncncc1-c1nnc(C2CCN(C(=O)c3ccc(F)cc3)CC2)o1. The molecule has 3 heterocycles. The topological polar surface area (TPSA) is 85.0 Å². The zero-order valence-electron chi connectivity index (χ0n) is 14.8. The Labute approximate surface area is 155 Å². The first-order valence-electron chi connectivity index (χ1n) is 8.77. The molecule has 1 aliphatic heterocycles. The Balaban J connectivity index is 1.42. The molecule has 2 aromatic heterocycles. The number of amides is 1. The summed E-state index contributed by atoms with van der Waals surface area (Å²) in [6, 6.07) is 5.63. The number of nitrogens with zero attached hydrogens (tertiary/aromatic N) is 5. The molecular weight excluding hydrogens is 349 g/mol. The molecule has 1 aliphatic rings. The van der Waals surface area contributed by atoms with Crippen LogP contribution in [-0.2, 0) is 0 Å². The molecule has 7 nitrogen and oxygen atoms in total. The van der Waals surface area contributed by atoms with Gasteiger partial charge in [-0.1, -0.05) is 0 Å². The minimum atomic E-state index is -0.350. The normalized spacial score (nSPS) is 15.1. The second-order valence-corrected chi connectivity index (χ2v) is 6.54. The summed E-state index contributed by atoms with van der Waals surface area (Å²) in [5.74, 6) is 0.650. The monoisotopic (exact) mass is 367 g/mol. The van der Waals surface area contributed by atoms with E-state index in [9.17, 15) is 9.18 Å². The van der Waals surface area contributed by atoms with Crippen molar-refractivity contribution < 1.29 is 13.6 Å². The lowest BCUT2D eigenvalue weighted by atomic mass is 9.96. The molecule has 0 radical (unpaired) electrons. The van der Waals surface area contributed by atoms with Gasteiger partial charge in [-0.15, -0.1) is 10.2 Å². The third kappa shape index (κ3) is 3.55. The van der Waals surface area contributed by atoms with Gasteiger partial charge >= 0.3 is 0 Å². The number of carbonyl (C=O) groups excluding carboxylic acids is 1. The van der Waals surface area contributed by atoms with Crippen LogP contribution in [-0.4, -0.2) is 44.1 Å². The fourth-order valence-corrected chi connectivity index (χ4v) is 3.21. The number of piperidine rings is 1. The summed E-state index contributed by atoms with van der Waals surface area (Å²) in [5, 5.41) is 8.30. The zero-order valence-corrected chi connectivity index (χ0v) is 14.8. The standard InChI is InChI=1S/C19H18FN5O2/c1-12-16(10-21-11-22-12)18-24-23-17(27-18)13-6-8-25(9-7-13)19(26)14-2-4-15(20)5-3-14/h2-5,10-11,13H,6-9H2,1H3. The molecule has 27 heavy (non-hydrogen) atoms. The maximum absolute atomic E-state index is 13.0. The van der Waals surface area contributed by atoms with E-state index in [2.05, 4.69) is 20.2 Å². The summed E-state index contributed by atoms with van der Waals surface area (Å²) in [7, 11) is 0. The van der Waals surface area contributed by atoms with E-state index in [1.165, 1.54) is 30.6 Å². The molecule has 0 atom stereocenters. The molecule has 3 aromatic rings. The number of rotatable bonds is 3. The van der Waals surface area contributed by atoms with Gasteiger partial charge in [0.15, 0.2) is 0 Å². The van der Waals surface area contributed by atoms with E-state index >= 15 is 0 Å². The Morgan fingerprint density at radius 1 is 1.19 bits per heavy atom. The van der Waals surface area contributed by atoms with Gasteiger partial charge in [0.05, 0.1) is 11.3 Å². The van der Waals surface area contributed by atoms with E-state index in [0.29, 0.717) is 30.4 Å². The Morgan fingerprint density at radius 3 is 2.63 bits per heavy atom. The van der Waals surface area contributed by atoms with Crippen molar-refractivity contribution in [3.8, 4) is 11.5 Å². The van der Waals surface area contributed by atoms with Gasteiger partial charge in [0.1, 0.15) is 12.1 Å². The average molecular weight is 367 g/mol. The predicted molar refractivity (Wildman–Crippen MR) is 94.3 cm³/mol. The van der Waals surface area contributed by atoms with Crippen LogP contribution < -0.4 is 0 Å². The van der Waals surface area contributed by atoms with Crippen LogP contribution in [0.25, 0.3) is 11.5 Å². The molecule has 1 amide bonds. The molecule has 1 fully saturated rings. The Bertz CT molecular complexity index is 949. The zero-order chi connectivity index (χ0) is 18.8. The van der Waals surface area contributed by atoms with Gasteiger partial charge in [-0.05, 0) is 44.0 Å². The minimum absolute atomic E-state index is 0.0864. The fraction of sp³-hybridized carbons (Fsp3) is 0.316. The maximum atomic E-state index is 13.0. The van der Waals surface area contributed by atoms with E-state index in [-0.39, 0.29) is 17.6 Å². The third-order valence-corrected chi connectivity index (χ3v) is 4.81. The second-order valence-electron chi connectivity index (χ2n) is 6.54. The molecule has 0 unspecified atom stereocenters. The van der Waals surface area contributed by atoms with Crippen molar-refractivity contribution in [2.24, 2.45) is 0 Å². The lowest BCUT2D eigenvalue weighted by Crippen LogP contribution is -2.38. The first-order chi connectivity index (χ1) is 13.1. The van der Waals surface area contributed by atoms with Crippen molar-refractivity contribution >= 4 is 5.91 Å². The van der Waals surface area contributed by atoms with Crippen molar-refractivity contribution in [3.63, 3.8) is 0 Å². The summed E-state index contributed by atoms with van der Waals surface area (Å²) in [4.78, 5) is 22.4. The lowest BCUT2D eigenvalue weighted by molar-refractivity contribution is 0.0706. The van der Waals surface area contributed by atoms with Crippen LogP contribution >= 0.6 is 0 Å². The van der Waals surface area contributed by atoms with Gasteiger partial charge in [0, 0.05) is 30.8 Å². The van der Waals surface area contributed by atoms with Gasteiger partial charge in [-0.3, -0.25) is 4.79 Å². The second kappa shape index (κ2) is 7.22. The first kappa shape index (κ1) is 17.3. The highest BCUT2D eigenvalue weighted by molar-refractivity contribution is 5.94. The van der Waals surface area contributed by atoms with Crippen LogP contribution in [0.3, 0.4) is 0 Å². The Kier molecular flexibility index (Phi) is 4.62. The number of hydrogen-bond acceptors (Lipinski definition) is 6. The molecule has 0 bridgehead atoms. The highest BCUT2D eigenvalue weighted by Gasteiger charge is 2.28. The van der Waals surface area contributed by atoms with E-state index in [1.54, 1.807) is 11.1 Å². The number of hydrogen-bond donors (Lipinski definition) is 0. The first-order valence-corrected chi connectivity index (χ1v) is 8.77. The molecule has 0 saturated carbocycles. The van der Waals surface area contributed by atoms with E-state index in [4.69, 9.17) is 4.42 Å². The Hall–Kier alpha value is -3.16. The van der Waals surface area contributed by atoms with Gasteiger partial charge in [0.25, 0.3) is 11.8 Å².